The summed E-state index contributed by atoms with van der Waals surface area (Å²) in [4.78, 5) is 40.7. The Balaban J connectivity index is 2.26. The third-order valence-electron chi connectivity index (χ3n) is 4.17. The maximum atomic E-state index is 13.6. The van der Waals surface area contributed by atoms with Gasteiger partial charge in [0.1, 0.15) is 17.4 Å². The number of benzene rings is 1. The Labute approximate surface area is 131 Å². The highest BCUT2D eigenvalue weighted by Crippen LogP contribution is 2.26. The van der Waals surface area contributed by atoms with Gasteiger partial charge in [0, 0.05) is 19.5 Å². The average Bonchev–Trinajstić information content (AvgIpc) is 2.47. The number of hydrogen-bond acceptors (Lipinski definition) is 5. The van der Waals surface area contributed by atoms with Crippen LogP contribution in [0.3, 0.4) is 0 Å². The molecule has 3 rings (SSSR count). The van der Waals surface area contributed by atoms with Gasteiger partial charge in [-0.05, 0) is 19.4 Å². The monoisotopic (exact) mass is 317 g/mol. The summed E-state index contributed by atoms with van der Waals surface area (Å²) in [7, 11) is 1.59. The Morgan fingerprint density at radius 3 is 2.70 bits per heavy atom. The predicted molar refractivity (Wildman–Crippen MR) is 83.1 cm³/mol. The predicted octanol–water partition coefficient (Wildman–Crippen LogP) is 1.75. The summed E-state index contributed by atoms with van der Waals surface area (Å²) in [5.41, 5.74) is 0.169. The van der Waals surface area contributed by atoms with Crippen molar-refractivity contribution < 1.29 is 14.0 Å². The molecule has 1 N–H and O–H groups in total. The van der Waals surface area contributed by atoms with Gasteiger partial charge in [0.25, 0.3) is 5.56 Å². The highest BCUT2D eigenvalue weighted by Gasteiger charge is 2.31. The van der Waals surface area contributed by atoms with Crippen LogP contribution in [0.5, 0.6) is 0 Å². The van der Waals surface area contributed by atoms with Gasteiger partial charge in [-0.1, -0.05) is 0 Å². The minimum Gasteiger partial charge on any atom is -0.387 e. The summed E-state index contributed by atoms with van der Waals surface area (Å²) >= 11 is 0. The summed E-state index contributed by atoms with van der Waals surface area (Å²) in [6.07, 6.45) is 0.404. The lowest BCUT2D eigenvalue weighted by molar-refractivity contribution is -0.132. The van der Waals surface area contributed by atoms with Crippen molar-refractivity contribution in [2.75, 3.05) is 12.4 Å². The number of nitrogens with zero attached hydrogens (tertiary/aromatic N) is 2. The van der Waals surface area contributed by atoms with Gasteiger partial charge in [0.15, 0.2) is 5.78 Å². The molecule has 0 aliphatic heterocycles. The molecule has 1 unspecified atom stereocenters. The molecule has 1 atom stereocenters. The molecule has 1 heterocycles. The number of carbonyl (C=O) groups excluding carboxylic acids is 2. The molecule has 0 saturated heterocycles. The largest absolute Gasteiger partial charge is 0.387 e. The van der Waals surface area contributed by atoms with Crippen molar-refractivity contribution >= 4 is 28.2 Å². The van der Waals surface area contributed by atoms with Crippen LogP contribution in [0, 0.1) is 12.7 Å². The Hall–Kier alpha value is -2.57. The van der Waals surface area contributed by atoms with E-state index in [2.05, 4.69) is 10.3 Å². The highest BCUT2D eigenvalue weighted by atomic mass is 19.1. The first kappa shape index (κ1) is 15.3. The van der Waals surface area contributed by atoms with Crippen molar-refractivity contribution in [1.29, 1.82) is 0 Å². The molecular weight excluding hydrogens is 301 g/mol. The minimum atomic E-state index is -0.688. The fourth-order valence-electron chi connectivity index (χ4n) is 3.10. The lowest BCUT2D eigenvalue weighted by Gasteiger charge is -2.24. The smallest absolute Gasteiger partial charge is 0.264 e. The highest BCUT2D eigenvalue weighted by molar-refractivity contribution is 6.03. The Morgan fingerprint density at radius 2 is 2.04 bits per heavy atom. The zero-order chi connectivity index (χ0) is 16.7. The molecule has 120 valence electrons. The van der Waals surface area contributed by atoms with Gasteiger partial charge in [-0.2, -0.15) is 0 Å². The van der Waals surface area contributed by atoms with E-state index in [0.717, 1.165) is 0 Å². The van der Waals surface area contributed by atoms with E-state index in [4.69, 9.17) is 0 Å². The van der Waals surface area contributed by atoms with E-state index >= 15 is 0 Å². The van der Waals surface area contributed by atoms with Crippen molar-refractivity contribution in [3.8, 4) is 0 Å². The van der Waals surface area contributed by atoms with Crippen LogP contribution < -0.4 is 10.9 Å². The van der Waals surface area contributed by atoms with Crippen LogP contribution in [0.15, 0.2) is 16.9 Å². The Morgan fingerprint density at radius 1 is 1.30 bits per heavy atom. The number of hydrogen-bond donors (Lipinski definition) is 1. The number of rotatable bonds is 2. The molecule has 0 radical (unpaired) electrons. The van der Waals surface area contributed by atoms with Crippen molar-refractivity contribution in [3.05, 3.63) is 34.1 Å². The van der Waals surface area contributed by atoms with Crippen LogP contribution in [0.1, 0.15) is 31.1 Å². The second-order valence-electron chi connectivity index (χ2n) is 5.67. The molecule has 23 heavy (non-hydrogen) atoms. The standard InChI is InChI=1S/C16H16FN3O3/c1-8-19-12-6-9(17)5-11(18-2)15(12)16(23)20(8)13-4-3-10(21)7-14(13)22/h5-6,13,18H,3-4,7H2,1-2H3. The van der Waals surface area contributed by atoms with Gasteiger partial charge >= 0.3 is 0 Å². The average molecular weight is 317 g/mol. The molecule has 1 aromatic carbocycles. The van der Waals surface area contributed by atoms with E-state index < -0.39 is 17.4 Å². The molecule has 0 bridgehead atoms. The number of halogens is 1. The molecule has 6 nitrogen and oxygen atoms in total. The number of carbonyl (C=O) groups is 2. The van der Waals surface area contributed by atoms with Crippen LogP contribution in [0.4, 0.5) is 10.1 Å². The van der Waals surface area contributed by atoms with Gasteiger partial charge in [0.05, 0.1) is 29.1 Å². The maximum Gasteiger partial charge on any atom is 0.264 e. The molecule has 7 heteroatoms. The van der Waals surface area contributed by atoms with Crippen molar-refractivity contribution in [2.45, 2.75) is 32.2 Å². The number of anilines is 1. The fourth-order valence-corrected chi connectivity index (χ4v) is 3.10. The van der Waals surface area contributed by atoms with Crippen LogP contribution >= 0.6 is 0 Å². The topological polar surface area (TPSA) is 81.1 Å². The zero-order valence-electron chi connectivity index (χ0n) is 12.9. The van der Waals surface area contributed by atoms with E-state index in [0.29, 0.717) is 17.9 Å². The first-order valence-corrected chi connectivity index (χ1v) is 7.37. The van der Waals surface area contributed by atoms with Gasteiger partial charge in [0.2, 0.25) is 0 Å². The van der Waals surface area contributed by atoms with E-state index in [1.165, 1.54) is 16.7 Å². The lowest BCUT2D eigenvalue weighted by atomic mass is 9.92. The number of aromatic nitrogens is 2. The third kappa shape index (κ3) is 2.52. The first-order chi connectivity index (χ1) is 10.9. The normalized spacial score (nSPS) is 18.5. The van der Waals surface area contributed by atoms with Crippen molar-refractivity contribution in [2.24, 2.45) is 0 Å². The molecule has 0 spiro atoms. The molecule has 1 fully saturated rings. The Kier molecular flexibility index (Phi) is 3.71. The molecule has 1 aliphatic rings. The van der Waals surface area contributed by atoms with Gasteiger partial charge in [-0.15, -0.1) is 0 Å². The Bertz CT molecular complexity index is 888. The minimum absolute atomic E-state index is 0.108. The van der Waals surface area contributed by atoms with Gasteiger partial charge < -0.3 is 5.32 Å². The number of nitrogens with one attached hydrogen (secondary N) is 1. The summed E-state index contributed by atoms with van der Waals surface area (Å²) < 4.78 is 15.0. The first-order valence-electron chi connectivity index (χ1n) is 7.37. The number of aryl methyl sites for hydroxylation is 1. The lowest BCUT2D eigenvalue weighted by Crippen LogP contribution is -2.36. The quantitative estimate of drug-likeness (QED) is 0.854. The van der Waals surface area contributed by atoms with Gasteiger partial charge in [-0.3, -0.25) is 19.0 Å². The summed E-state index contributed by atoms with van der Waals surface area (Å²) in [5.74, 6) is -0.544. The summed E-state index contributed by atoms with van der Waals surface area (Å²) in [5, 5.41) is 3.03. The van der Waals surface area contributed by atoms with E-state index in [-0.39, 0.29) is 35.3 Å². The van der Waals surface area contributed by atoms with E-state index in [1.807, 2.05) is 0 Å². The molecule has 2 aromatic rings. The van der Waals surface area contributed by atoms with Crippen LogP contribution in [0.25, 0.3) is 10.9 Å². The number of Topliss-reactive ketones (excluding diaryl/α,β-unsaturated/α-hetero) is 2. The van der Waals surface area contributed by atoms with E-state index in [1.54, 1.807) is 14.0 Å². The molecule has 0 amide bonds. The zero-order valence-corrected chi connectivity index (χ0v) is 12.9. The van der Waals surface area contributed by atoms with Crippen molar-refractivity contribution in [3.63, 3.8) is 0 Å². The third-order valence-corrected chi connectivity index (χ3v) is 4.17. The second-order valence-corrected chi connectivity index (χ2v) is 5.67. The molecule has 1 aliphatic carbocycles. The molecule has 1 saturated carbocycles. The van der Waals surface area contributed by atoms with Crippen LogP contribution in [0.2, 0.25) is 0 Å². The SMILES string of the molecule is CNc1cc(F)cc2nc(C)n(C3CCC(=O)CC3=O)c(=O)c12. The fraction of sp³-hybridized carbons (Fsp3) is 0.375. The van der Waals surface area contributed by atoms with E-state index in [9.17, 15) is 18.8 Å². The second kappa shape index (κ2) is 5.57. The van der Waals surface area contributed by atoms with Crippen LogP contribution in [-0.2, 0) is 9.59 Å². The summed E-state index contributed by atoms with van der Waals surface area (Å²) in [6, 6.07) is 1.73. The van der Waals surface area contributed by atoms with Crippen LogP contribution in [-0.4, -0.2) is 28.2 Å². The number of ketones is 2. The summed E-state index contributed by atoms with van der Waals surface area (Å²) in [6.45, 7) is 1.61. The maximum absolute atomic E-state index is 13.6. The van der Waals surface area contributed by atoms with Crippen molar-refractivity contribution in [1.82, 2.24) is 9.55 Å². The van der Waals surface area contributed by atoms with Gasteiger partial charge in [-0.25, -0.2) is 9.37 Å². The number of fused-ring (bicyclic) bond motifs is 1. The molecular formula is C16H16FN3O3. The molecule has 1 aromatic heterocycles.